The number of nitrogens with zero attached hydrogens (tertiary/aromatic N) is 2. The molecule has 0 bridgehead atoms. The lowest BCUT2D eigenvalue weighted by atomic mass is 10.2. The van der Waals surface area contributed by atoms with E-state index in [0.717, 1.165) is 38.5 Å². The second kappa shape index (κ2) is 6.87. The lowest BCUT2D eigenvalue weighted by Crippen LogP contribution is -2.30. The van der Waals surface area contributed by atoms with Crippen molar-refractivity contribution in [3.63, 3.8) is 0 Å². The summed E-state index contributed by atoms with van der Waals surface area (Å²) in [6.07, 6.45) is 3.33. The van der Waals surface area contributed by atoms with Gasteiger partial charge in [-0.2, -0.15) is 0 Å². The summed E-state index contributed by atoms with van der Waals surface area (Å²) in [6.45, 7) is 10.1. The molecule has 0 radical (unpaired) electrons. The third kappa shape index (κ3) is 4.48. The van der Waals surface area contributed by atoms with Gasteiger partial charge in [0.2, 0.25) is 0 Å². The Kier molecular flexibility index (Phi) is 5.16. The van der Waals surface area contributed by atoms with E-state index in [9.17, 15) is 0 Å². The highest BCUT2D eigenvalue weighted by Crippen LogP contribution is 2.15. The molecule has 4 nitrogen and oxygen atoms in total. The molecule has 1 aromatic rings. The predicted octanol–water partition coefficient (Wildman–Crippen LogP) is 2.19. The van der Waals surface area contributed by atoms with E-state index in [1.54, 1.807) is 0 Å². The highest BCUT2D eigenvalue weighted by atomic mass is 16.5. The predicted molar refractivity (Wildman–Crippen MR) is 78.5 cm³/mol. The number of nitrogens with one attached hydrogen (secondary N) is 1. The summed E-state index contributed by atoms with van der Waals surface area (Å²) in [7, 11) is 0. The minimum atomic E-state index is 0.284. The largest absolute Gasteiger partial charge is 0.377 e. The van der Waals surface area contributed by atoms with Crippen molar-refractivity contribution in [3.05, 3.63) is 23.9 Å². The van der Waals surface area contributed by atoms with Gasteiger partial charge in [0.1, 0.15) is 5.82 Å². The third-order valence-electron chi connectivity index (χ3n) is 3.30. The molecule has 1 aliphatic heterocycles. The number of aromatic nitrogens is 1. The quantitative estimate of drug-likeness (QED) is 0.903. The molecule has 2 heterocycles. The summed E-state index contributed by atoms with van der Waals surface area (Å²) < 4.78 is 5.66. The molecule has 0 aromatic carbocycles. The van der Waals surface area contributed by atoms with Crippen molar-refractivity contribution in [1.29, 1.82) is 0 Å². The van der Waals surface area contributed by atoms with E-state index in [1.165, 1.54) is 5.56 Å². The van der Waals surface area contributed by atoms with Crippen molar-refractivity contribution in [2.24, 2.45) is 0 Å². The Balaban J connectivity index is 1.96. The molecule has 1 saturated heterocycles. The van der Waals surface area contributed by atoms with Crippen LogP contribution in [0.2, 0.25) is 0 Å². The van der Waals surface area contributed by atoms with Crippen LogP contribution in [-0.2, 0) is 11.3 Å². The van der Waals surface area contributed by atoms with Crippen molar-refractivity contribution >= 4 is 5.82 Å². The molecule has 0 spiro atoms. The van der Waals surface area contributed by atoms with E-state index in [0.29, 0.717) is 6.04 Å². The fourth-order valence-corrected chi connectivity index (χ4v) is 2.23. The van der Waals surface area contributed by atoms with Gasteiger partial charge in [-0.1, -0.05) is 19.9 Å². The highest BCUT2D eigenvalue weighted by Gasteiger charge is 2.16. The Morgan fingerprint density at radius 3 is 3.00 bits per heavy atom. The summed E-state index contributed by atoms with van der Waals surface area (Å²) in [5.41, 5.74) is 1.23. The maximum atomic E-state index is 5.66. The Bertz CT molecular complexity index is 377. The second-order valence-electron chi connectivity index (χ2n) is 5.54. The van der Waals surface area contributed by atoms with Gasteiger partial charge >= 0.3 is 0 Å². The van der Waals surface area contributed by atoms with E-state index < -0.39 is 0 Å². The van der Waals surface area contributed by atoms with E-state index in [2.05, 4.69) is 48.1 Å². The number of ether oxygens (including phenoxy) is 1. The minimum absolute atomic E-state index is 0.284. The fraction of sp³-hybridized carbons (Fsp3) is 0.667. The van der Waals surface area contributed by atoms with Gasteiger partial charge in [-0.3, -0.25) is 0 Å². The average Bonchev–Trinajstić information content (AvgIpc) is 2.62. The van der Waals surface area contributed by atoms with Crippen LogP contribution in [0.15, 0.2) is 18.3 Å². The summed E-state index contributed by atoms with van der Waals surface area (Å²) in [5.74, 6) is 1.06. The Morgan fingerprint density at radius 1 is 1.47 bits per heavy atom. The second-order valence-corrected chi connectivity index (χ2v) is 5.54. The summed E-state index contributed by atoms with van der Waals surface area (Å²) >= 11 is 0. The number of pyridine rings is 1. The van der Waals surface area contributed by atoms with Crippen LogP contribution in [0.1, 0.15) is 32.8 Å². The molecule has 0 amide bonds. The van der Waals surface area contributed by atoms with Crippen LogP contribution in [0.4, 0.5) is 5.82 Å². The first-order chi connectivity index (χ1) is 9.15. The fourth-order valence-electron chi connectivity index (χ4n) is 2.23. The molecule has 1 unspecified atom stereocenters. The van der Waals surface area contributed by atoms with Crippen LogP contribution < -0.4 is 10.2 Å². The first kappa shape index (κ1) is 14.3. The molecule has 19 heavy (non-hydrogen) atoms. The molecule has 0 saturated carbocycles. The number of rotatable bonds is 4. The van der Waals surface area contributed by atoms with Crippen molar-refractivity contribution in [3.8, 4) is 0 Å². The molecule has 1 aliphatic rings. The van der Waals surface area contributed by atoms with Gasteiger partial charge in [-0.25, -0.2) is 4.98 Å². The van der Waals surface area contributed by atoms with Gasteiger partial charge in [-0.05, 0) is 25.0 Å². The maximum absolute atomic E-state index is 5.66. The molecule has 4 heteroatoms. The van der Waals surface area contributed by atoms with Crippen LogP contribution in [0.5, 0.6) is 0 Å². The van der Waals surface area contributed by atoms with Crippen molar-refractivity contribution in [2.75, 3.05) is 24.6 Å². The first-order valence-corrected chi connectivity index (χ1v) is 7.20. The van der Waals surface area contributed by atoms with E-state index in [-0.39, 0.29) is 6.10 Å². The molecule has 1 fully saturated rings. The zero-order valence-electron chi connectivity index (χ0n) is 12.2. The molecule has 2 rings (SSSR count). The van der Waals surface area contributed by atoms with Crippen LogP contribution in [0, 0.1) is 0 Å². The maximum Gasteiger partial charge on any atom is 0.128 e. The zero-order valence-corrected chi connectivity index (χ0v) is 12.2. The van der Waals surface area contributed by atoms with Crippen LogP contribution in [-0.4, -0.2) is 36.8 Å². The Hall–Kier alpha value is -1.13. The summed E-state index contributed by atoms with van der Waals surface area (Å²) in [5, 5.41) is 3.40. The topological polar surface area (TPSA) is 37.4 Å². The molecular weight excluding hydrogens is 238 g/mol. The first-order valence-electron chi connectivity index (χ1n) is 7.20. The standard InChI is InChI=1S/C15H25N3O/c1-12(2)16-9-14-5-6-15(17-10-14)18-7-4-8-19-13(3)11-18/h5-6,10,12-13,16H,4,7-9,11H2,1-3H3. The molecule has 1 atom stereocenters. The van der Waals surface area contributed by atoms with Gasteiger partial charge in [-0.15, -0.1) is 0 Å². The van der Waals surface area contributed by atoms with Gasteiger partial charge in [0.05, 0.1) is 6.10 Å². The Morgan fingerprint density at radius 2 is 2.32 bits per heavy atom. The van der Waals surface area contributed by atoms with Crippen LogP contribution >= 0.6 is 0 Å². The molecule has 0 aliphatic carbocycles. The molecule has 106 valence electrons. The monoisotopic (exact) mass is 263 g/mol. The summed E-state index contributed by atoms with van der Waals surface area (Å²) in [4.78, 5) is 6.90. The number of hydrogen-bond donors (Lipinski definition) is 1. The van der Waals surface area contributed by atoms with Gasteiger partial charge < -0.3 is 15.0 Å². The van der Waals surface area contributed by atoms with Crippen molar-refractivity contribution in [1.82, 2.24) is 10.3 Å². The SMILES string of the molecule is CC(C)NCc1ccc(N2CCCOC(C)C2)nc1. The zero-order chi connectivity index (χ0) is 13.7. The van der Waals surface area contributed by atoms with Gasteiger partial charge in [0, 0.05) is 38.5 Å². The van der Waals surface area contributed by atoms with Gasteiger partial charge in [0.15, 0.2) is 0 Å². The summed E-state index contributed by atoms with van der Waals surface area (Å²) in [6, 6.07) is 4.78. The minimum Gasteiger partial charge on any atom is -0.377 e. The number of anilines is 1. The molecule has 1 aromatic heterocycles. The van der Waals surface area contributed by atoms with Gasteiger partial charge in [0.25, 0.3) is 0 Å². The highest BCUT2D eigenvalue weighted by molar-refractivity contribution is 5.39. The van der Waals surface area contributed by atoms with E-state index in [1.807, 2.05) is 6.20 Å². The van der Waals surface area contributed by atoms with Crippen molar-refractivity contribution < 1.29 is 4.74 Å². The smallest absolute Gasteiger partial charge is 0.128 e. The average molecular weight is 263 g/mol. The van der Waals surface area contributed by atoms with Crippen molar-refractivity contribution in [2.45, 2.75) is 45.9 Å². The molecule has 1 N–H and O–H groups in total. The number of hydrogen-bond acceptors (Lipinski definition) is 4. The lowest BCUT2D eigenvalue weighted by molar-refractivity contribution is 0.0820. The normalized spacial score (nSPS) is 20.6. The Labute approximate surface area is 116 Å². The third-order valence-corrected chi connectivity index (χ3v) is 3.30. The van der Waals surface area contributed by atoms with Crippen LogP contribution in [0.25, 0.3) is 0 Å². The lowest BCUT2D eigenvalue weighted by Gasteiger charge is -2.23. The molecular formula is C15H25N3O. The van der Waals surface area contributed by atoms with Crippen LogP contribution in [0.3, 0.4) is 0 Å². The van der Waals surface area contributed by atoms with E-state index in [4.69, 9.17) is 4.74 Å². The van der Waals surface area contributed by atoms with E-state index >= 15 is 0 Å².